The average molecular weight is 328 g/mol. The fourth-order valence-corrected chi connectivity index (χ4v) is 2.02. The zero-order valence-corrected chi connectivity index (χ0v) is 14.4. The van der Waals surface area contributed by atoms with E-state index in [4.69, 9.17) is 0 Å². The number of hydrogen-bond acceptors (Lipinski definition) is 5. The number of H-pyrrole nitrogens is 1. The molecule has 2 N–H and O–H groups in total. The van der Waals surface area contributed by atoms with Crippen LogP contribution in [0.25, 0.3) is 0 Å². The first kappa shape index (κ1) is 23.3. The minimum Gasteiger partial charge on any atom is -0.354 e. The Hall–Kier alpha value is -1.99. The van der Waals surface area contributed by atoms with Gasteiger partial charge in [-0.3, -0.25) is 9.59 Å². The van der Waals surface area contributed by atoms with Crippen molar-refractivity contribution in [3.63, 3.8) is 0 Å². The highest BCUT2D eigenvalue weighted by Crippen LogP contribution is 2.15. The molecule has 0 spiro atoms. The van der Waals surface area contributed by atoms with Crippen LogP contribution in [-0.2, 0) is 9.59 Å². The van der Waals surface area contributed by atoms with Crippen LogP contribution < -0.4 is 5.32 Å². The molecule has 0 aromatic carbocycles. The van der Waals surface area contributed by atoms with Crippen LogP contribution in [0.15, 0.2) is 0 Å². The molecule has 134 valence electrons. The molecule has 2 heterocycles. The van der Waals surface area contributed by atoms with Gasteiger partial charge in [0, 0.05) is 32.5 Å². The number of carbonyl (C=O) groups excluding carboxylic acids is 2. The Kier molecular flexibility index (Phi) is 12.7. The summed E-state index contributed by atoms with van der Waals surface area (Å²) in [5, 5.41) is 15.4. The Balaban J connectivity index is 0. The summed E-state index contributed by atoms with van der Waals surface area (Å²) in [6.45, 7) is 11.9. The second-order valence-corrected chi connectivity index (χ2v) is 5.52. The standard InChI is InChI=1S/C7H13NO.C5H11NO.C2H4N4.CH4/c1-6-4-3-5-8(6)7(2)9;1-4(2)6-5(3)7;1-2-3-5-6-4-2;/h6H,3-5H2,1-2H3;4H,1-3H3,(H,6,7);1H3,(H,3,4,5,6);1H4. The van der Waals surface area contributed by atoms with Gasteiger partial charge >= 0.3 is 0 Å². The van der Waals surface area contributed by atoms with Crippen molar-refractivity contribution < 1.29 is 9.59 Å². The molecule has 1 saturated heterocycles. The van der Waals surface area contributed by atoms with E-state index in [-0.39, 0.29) is 25.3 Å². The van der Waals surface area contributed by atoms with Crippen LogP contribution in [-0.4, -0.2) is 56.0 Å². The van der Waals surface area contributed by atoms with E-state index in [0.29, 0.717) is 11.9 Å². The van der Waals surface area contributed by atoms with Gasteiger partial charge in [-0.25, -0.2) is 0 Å². The molecular weight excluding hydrogens is 296 g/mol. The maximum absolute atomic E-state index is 10.8. The lowest BCUT2D eigenvalue weighted by Gasteiger charge is -2.18. The molecule has 2 amide bonds. The lowest BCUT2D eigenvalue weighted by atomic mass is 10.2. The minimum absolute atomic E-state index is 0. The van der Waals surface area contributed by atoms with E-state index in [1.807, 2.05) is 18.7 Å². The van der Waals surface area contributed by atoms with Crippen molar-refractivity contribution in [2.75, 3.05) is 6.54 Å². The molecule has 0 aliphatic carbocycles. The van der Waals surface area contributed by atoms with Gasteiger partial charge in [0.05, 0.1) is 0 Å². The van der Waals surface area contributed by atoms with E-state index in [2.05, 4.69) is 32.9 Å². The fraction of sp³-hybridized carbons (Fsp3) is 0.800. The molecule has 1 aromatic rings. The number of amides is 2. The van der Waals surface area contributed by atoms with Crippen molar-refractivity contribution in [1.82, 2.24) is 30.8 Å². The highest BCUT2D eigenvalue weighted by molar-refractivity contribution is 5.73. The number of aromatic nitrogens is 4. The number of likely N-dealkylation sites (tertiary alicyclic amines) is 1. The van der Waals surface area contributed by atoms with E-state index in [1.54, 1.807) is 13.8 Å². The highest BCUT2D eigenvalue weighted by atomic mass is 16.2. The zero-order valence-electron chi connectivity index (χ0n) is 14.4. The largest absolute Gasteiger partial charge is 0.354 e. The third-order valence-corrected chi connectivity index (χ3v) is 2.90. The first-order valence-corrected chi connectivity index (χ1v) is 7.48. The minimum atomic E-state index is 0. The molecule has 1 atom stereocenters. The Morgan fingerprint density at radius 2 is 1.96 bits per heavy atom. The van der Waals surface area contributed by atoms with Crippen LogP contribution in [0.4, 0.5) is 0 Å². The maximum Gasteiger partial charge on any atom is 0.219 e. The van der Waals surface area contributed by atoms with E-state index in [9.17, 15) is 9.59 Å². The Labute approximate surface area is 139 Å². The van der Waals surface area contributed by atoms with Crippen LogP contribution >= 0.6 is 0 Å². The van der Waals surface area contributed by atoms with Crippen LogP contribution in [0.1, 0.15) is 60.7 Å². The summed E-state index contributed by atoms with van der Waals surface area (Å²) in [7, 11) is 0. The molecule has 8 heteroatoms. The molecule has 8 nitrogen and oxygen atoms in total. The van der Waals surface area contributed by atoms with E-state index in [0.717, 1.165) is 6.54 Å². The number of carbonyl (C=O) groups is 2. The zero-order chi connectivity index (χ0) is 17.1. The molecule has 1 aliphatic rings. The summed E-state index contributed by atoms with van der Waals surface area (Å²) >= 11 is 0. The van der Waals surface area contributed by atoms with E-state index in [1.165, 1.54) is 19.8 Å². The van der Waals surface area contributed by atoms with Crippen LogP contribution in [0, 0.1) is 6.92 Å². The van der Waals surface area contributed by atoms with Crippen LogP contribution in [0.3, 0.4) is 0 Å². The van der Waals surface area contributed by atoms with Crippen LogP contribution in [0.5, 0.6) is 0 Å². The molecule has 23 heavy (non-hydrogen) atoms. The summed E-state index contributed by atoms with van der Waals surface area (Å²) in [5.41, 5.74) is 0. The molecule has 0 radical (unpaired) electrons. The molecule has 1 aromatic heterocycles. The molecule has 1 aliphatic heterocycles. The maximum atomic E-state index is 10.8. The predicted octanol–water partition coefficient (Wildman–Crippen LogP) is 1.69. The summed E-state index contributed by atoms with van der Waals surface area (Å²) in [4.78, 5) is 22.9. The topological polar surface area (TPSA) is 104 Å². The summed E-state index contributed by atoms with van der Waals surface area (Å²) < 4.78 is 0. The van der Waals surface area contributed by atoms with Crippen molar-refractivity contribution >= 4 is 11.8 Å². The molecule has 1 fully saturated rings. The normalized spacial score (nSPS) is 15.6. The van der Waals surface area contributed by atoms with Crippen LogP contribution in [0.2, 0.25) is 0 Å². The average Bonchev–Trinajstić information content (AvgIpc) is 3.00. The van der Waals surface area contributed by atoms with Crippen molar-refractivity contribution in [3.05, 3.63) is 5.82 Å². The van der Waals surface area contributed by atoms with Crippen molar-refractivity contribution in [3.8, 4) is 0 Å². The molecule has 1 unspecified atom stereocenters. The molecule has 0 saturated carbocycles. The van der Waals surface area contributed by atoms with Crippen molar-refractivity contribution in [2.24, 2.45) is 0 Å². The van der Waals surface area contributed by atoms with Gasteiger partial charge in [-0.2, -0.15) is 5.21 Å². The van der Waals surface area contributed by atoms with Gasteiger partial charge < -0.3 is 10.2 Å². The number of hydrogen-bond donors (Lipinski definition) is 2. The summed E-state index contributed by atoms with van der Waals surface area (Å²) in [5.74, 6) is 0.935. The smallest absolute Gasteiger partial charge is 0.219 e. The van der Waals surface area contributed by atoms with Gasteiger partial charge in [0.25, 0.3) is 0 Å². The van der Waals surface area contributed by atoms with Gasteiger partial charge in [0.1, 0.15) is 0 Å². The molecule has 2 rings (SSSR count). The van der Waals surface area contributed by atoms with Gasteiger partial charge in [-0.05, 0) is 40.5 Å². The Bertz CT molecular complexity index is 433. The second kappa shape index (κ2) is 12.5. The third-order valence-electron chi connectivity index (χ3n) is 2.90. The highest BCUT2D eigenvalue weighted by Gasteiger charge is 2.21. The SMILES string of the molecule is C.CC(=O)N1CCCC1C.CC(=O)NC(C)C.Cc1nn[nH]n1. The van der Waals surface area contributed by atoms with Gasteiger partial charge in [0.2, 0.25) is 11.8 Å². The molecule has 0 bridgehead atoms. The number of tetrazole rings is 1. The van der Waals surface area contributed by atoms with Gasteiger partial charge in [0.15, 0.2) is 5.82 Å². The quantitative estimate of drug-likeness (QED) is 0.816. The van der Waals surface area contributed by atoms with Gasteiger partial charge in [-0.1, -0.05) is 12.6 Å². The lowest BCUT2D eigenvalue weighted by Crippen LogP contribution is -2.31. The summed E-state index contributed by atoms with van der Waals surface area (Å²) in [6, 6.07) is 0.764. The van der Waals surface area contributed by atoms with E-state index < -0.39 is 0 Å². The number of rotatable bonds is 1. The van der Waals surface area contributed by atoms with E-state index >= 15 is 0 Å². The fourth-order valence-electron chi connectivity index (χ4n) is 2.02. The van der Waals surface area contributed by atoms with Gasteiger partial charge in [-0.15, -0.1) is 10.2 Å². The number of aryl methyl sites for hydroxylation is 1. The van der Waals surface area contributed by atoms with Crippen molar-refractivity contribution in [2.45, 2.75) is 73.9 Å². The Morgan fingerprint density at radius 1 is 1.35 bits per heavy atom. The third kappa shape index (κ3) is 12.3. The lowest BCUT2D eigenvalue weighted by molar-refractivity contribution is -0.129. The second-order valence-electron chi connectivity index (χ2n) is 5.52. The first-order valence-electron chi connectivity index (χ1n) is 7.48. The summed E-state index contributed by atoms with van der Waals surface area (Å²) in [6.07, 6.45) is 2.36. The number of aromatic amines is 1. The number of nitrogens with zero attached hydrogens (tertiary/aromatic N) is 4. The first-order chi connectivity index (χ1) is 10.2. The number of nitrogens with one attached hydrogen (secondary N) is 2. The predicted molar refractivity (Wildman–Crippen MR) is 90.7 cm³/mol. The Morgan fingerprint density at radius 3 is 2.09 bits per heavy atom. The monoisotopic (exact) mass is 328 g/mol. The van der Waals surface area contributed by atoms with Crippen molar-refractivity contribution in [1.29, 1.82) is 0 Å². The molecular formula is C15H32N6O2.